The van der Waals surface area contributed by atoms with Gasteiger partial charge >= 0.3 is 0 Å². The molecule has 1 aliphatic carbocycles. The van der Waals surface area contributed by atoms with Crippen LogP contribution in [0.3, 0.4) is 0 Å². The van der Waals surface area contributed by atoms with Crippen molar-refractivity contribution in [1.29, 1.82) is 0 Å². The van der Waals surface area contributed by atoms with Crippen LogP contribution in [0.25, 0.3) is 0 Å². The van der Waals surface area contributed by atoms with Gasteiger partial charge in [-0.15, -0.1) is 0 Å². The van der Waals surface area contributed by atoms with Gasteiger partial charge in [-0.3, -0.25) is 4.36 Å². The second kappa shape index (κ2) is 8.90. The Labute approximate surface area is 116 Å². The molecule has 2 heteroatoms. The summed E-state index contributed by atoms with van der Waals surface area (Å²) in [6.07, 6.45) is 19.4. The van der Waals surface area contributed by atoms with Crippen molar-refractivity contribution in [2.75, 3.05) is 12.3 Å². The van der Waals surface area contributed by atoms with E-state index in [4.69, 9.17) is 4.36 Å². The second-order valence-electron chi connectivity index (χ2n) is 5.67. The van der Waals surface area contributed by atoms with Crippen LogP contribution in [0.5, 0.6) is 0 Å². The molecule has 18 heavy (non-hydrogen) atoms. The smallest absolute Gasteiger partial charge is 0.0462 e. The minimum Gasteiger partial charge on any atom is -0.260 e. The highest BCUT2D eigenvalue weighted by molar-refractivity contribution is 7.91. The van der Waals surface area contributed by atoms with Crippen LogP contribution in [0, 0.1) is 0 Å². The van der Waals surface area contributed by atoms with Gasteiger partial charge in [-0.1, -0.05) is 55.3 Å². The summed E-state index contributed by atoms with van der Waals surface area (Å²) < 4.78 is 5.03. The van der Waals surface area contributed by atoms with E-state index in [2.05, 4.69) is 6.08 Å². The van der Waals surface area contributed by atoms with E-state index in [1.54, 1.807) is 4.91 Å². The third kappa shape index (κ3) is 5.26. The van der Waals surface area contributed by atoms with Gasteiger partial charge < -0.3 is 0 Å². The Hall–Kier alpha value is -0.110. The van der Waals surface area contributed by atoms with E-state index in [-0.39, 0.29) is 10.7 Å². The lowest BCUT2D eigenvalue weighted by Gasteiger charge is -2.12. The maximum atomic E-state index is 5.03. The van der Waals surface area contributed by atoms with Gasteiger partial charge in [-0.05, 0) is 43.4 Å². The molecule has 0 bridgehead atoms. The number of allylic oxidation sites excluding steroid dienone is 2. The minimum absolute atomic E-state index is 0.289. The van der Waals surface area contributed by atoms with Gasteiger partial charge in [0, 0.05) is 12.3 Å². The Morgan fingerprint density at radius 3 is 2.44 bits per heavy atom. The van der Waals surface area contributed by atoms with Gasteiger partial charge in [-0.2, -0.15) is 0 Å². The maximum Gasteiger partial charge on any atom is 0.0462 e. The Balaban J connectivity index is 1.99. The highest BCUT2D eigenvalue weighted by atomic mass is 32.2. The summed E-state index contributed by atoms with van der Waals surface area (Å²) in [5.41, 5.74) is 0. The van der Waals surface area contributed by atoms with Crippen LogP contribution in [-0.4, -0.2) is 12.3 Å². The molecule has 2 aliphatic rings. The zero-order valence-corrected chi connectivity index (χ0v) is 12.6. The quantitative estimate of drug-likeness (QED) is 0.605. The van der Waals surface area contributed by atoms with Crippen molar-refractivity contribution in [3.63, 3.8) is 0 Å². The Morgan fingerprint density at radius 1 is 0.778 bits per heavy atom. The topological polar surface area (TPSA) is 12.4 Å². The van der Waals surface area contributed by atoms with Crippen LogP contribution in [0.4, 0.5) is 0 Å². The normalized spacial score (nSPS) is 28.4. The first kappa shape index (κ1) is 14.3. The van der Waals surface area contributed by atoms with E-state index < -0.39 is 0 Å². The molecule has 0 aromatic rings. The minimum atomic E-state index is 0.289. The van der Waals surface area contributed by atoms with Gasteiger partial charge in [0.1, 0.15) is 0 Å². The molecular formula is C16H29NS. The molecule has 0 N–H and O–H groups in total. The molecule has 0 amide bonds. The molecule has 0 saturated carbocycles. The highest BCUT2D eigenvalue weighted by Gasteiger charge is 2.08. The summed E-state index contributed by atoms with van der Waals surface area (Å²) in [4.78, 5) is 1.72. The molecule has 0 aromatic heterocycles. The monoisotopic (exact) mass is 267 g/mol. The largest absolute Gasteiger partial charge is 0.260 e. The zero-order chi connectivity index (χ0) is 12.5. The summed E-state index contributed by atoms with van der Waals surface area (Å²) in [6.45, 7) is 1.13. The first-order chi connectivity index (χ1) is 8.97. The Morgan fingerprint density at radius 2 is 1.50 bits per heavy atom. The molecule has 0 aromatic carbocycles. The molecule has 0 radical (unpaired) electrons. The average molecular weight is 267 g/mol. The van der Waals surface area contributed by atoms with Crippen molar-refractivity contribution >= 4 is 10.7 Å². The van der Waals surface area contributed by atoms with Crippen LogP contribution < -0.4 is 0 Å². The summed E-state index contributed by atoms with van der Waals surface area (Å²) in [5, 5.41) is 0. The van der Waals surface area contributed by atoms with Crippen molar-refractivity contribution in [2.24, 2.45) is 4.36 Å². The van der Waals surface area contributed by atoms with E-state index in [0.29, 0.717) is 0 Å². The fourth-order valence-electron chi connectivity index (χ4n) is 2.89. The predicted molar refractivity (Wildman–Crippen MR) is 83.0 cm³/mol. The van der Waals surface area contributed by atoms with Gasteiger partial charge in [-0.25, -0.2) is 0 Å². The van der Waals surface area contributed by atoms with Gasteiger partial charge in [0.15, 0.2) is 0 Å². The fraction of sp³-hybridized carbons (Fsp3) is 0.875. The van der Waals surface area contributed by atoms with E-state index in [0.717, 1.165) is 6.54 Å². The molecular weight excluding hydrogens is 238 g/mol. The number of hydrogen-bond donors (Lipinski definition) is 0. The van der Waals surface area contributed by atoms with Crippen LogP contribution >= 0.6 is 0 Å². The number of rotatable bonds is 1. The van der Waals surface area contributed by atoms with E-state index in [1.807, 2.05) is 0 Å². The third-order valence-corrected chi connectivity index (χ3v) is 6.19. The van der Waals surface area contributed by atoms with Gasteiger partial charge in [0.05, 0.1) is 0 Å². The lowest BCUT2D eigenvalue weighted by Crippen LogP contribution is -2.02. The molecule has 104 valence electrons. The summed E-state index contributed by atoms with van der Waals surface area (Å²) >= 11 is 0. The predicted octanol–water partition coefficient (Wildman–Crippen LogP) is 5.38. The van der Waals surface area contributed by atoms with Crippen LogP contribution in [-0.2, 0) is 10.7 Å². The van der Waals surface area contributed by atoms with E-state index in [1.165, 1.54) is 82.8 Å². The standard InChI is InChI=1S/C16H29NS/c1-2-5-9-13-16(12-8-4-1)18-15-11-7-3-6-10-14-17-18/h12H,1-11,13-15H2. The molecule has 1 heterocycles. The molecule has 1 unspecified atom stereocenters. The summed E-state index contributed by atoms with van der Waals surface area (Å²) in [7, 11) is 0.289. The zero-order valence-electron chi connectivity index (χ0n) is 11.8. The first-order valence-electron chi connectivity index (χ1n) is 8.04. The summed E-state index contributed by atoms with van der Waals surface area (Å²) in [6, 6.07) is 0. The van der Waals surface area contributed by atoms with E-state index in [9.17, 15) is 0 Å². The maximum absolute atomic E-state index is 5.03. The van der Waals surface area contributed by atoms with Crippen LogP contribution in [0.15, 0.2) is 15.3 Å². The van der Waals surface area contributed by atoms with Crippen molar-refractivity contribution in [1.82, 2.24) is 0 Å². The van der Waals surface area contributed by atoms with Crippen LogP contribution in [0.2, 0.25) is 0 Å². The molecule has 0 spiro atoms. The van der Waals surface area contributed by atoms with Crippen LogP contribution in [0.1, 0.15) is 77.0 Å². The fourth-order valence-corrected chi connectivity index (χ4v) is 4.96. The van der Waals surface area contributed by atoms with Gasteiger partial charge in [0.25, 0.3) is 0 Å². The Bertz CT molecular complexity index is 263. The third-order valence-electron chi connectivity index (χ3n) is 4.04. The molecule has 1 aliphatic heterocycles. The summed E-state index contributed by atoms with van der Waals surface area (Å²) in [5.74, 6) is 1.35. The first-order valence-corrected chi connectivity index (χ1v) is 9.39. The molecule has 2 rings (SSSR count). The average Bonchev–Trinajstić information content (AvgIpc) is 2.61. The lowest BCUT2D eigenvalue weighted by molar-refractivity contribution is 0.631. The highest BCUT2D eigenvalue weighted by Crippen LogP contribution is 2.22. The number of nitrogens with zero attached hydrogens (tertiary/aromatic N) is 1. The molecule has 1 nitrogen and oxygen atoms in total. The SMILES string of the molecule is C1=C(S2=NCCCCCCC2)CCCCCCC1. The van der Waals surface area contributed by atoms with Crippen molar-refractivity contribution < 1.29 is 0 Å². The van der Waals surface area contributed by atoms with Crippen molar-refractivity contribution in [3.8, 4) is 0 Å². The molecule has 1 atom stereocenters. The van der Waals surface area contributed by atoms with Crippen molar-refractivity contribution in [2.45, 2.75) is 77.0 Å². The van der Waals surface area contributed by atoms with Crippen molar-refractivity contribution in [3.05, 3.63) is 11.0 Å². The molecule has 0 fully saturated rings. The number of hydrogen-bond acceptors (Lipinski definition) is 1. The lowest BCUT2D eigenvalue weighted by atomic mass is 10.1. The van der Waals surface area contributed by atoms with E-state index >= 15 is 0 Å². The Kier molecular flexibility index (Phi) is 7.07. The second-order valence-corrected chi connectivity index (χ2v) is 7.59. The van der Waals surface area contributed by atoms with Gasteiger partial charge in [0.2, 0.25) is 0 Å². The molecule has 0 saturated heterocycles.